The van der Waals surface area contributed by atoms with E-state index in [1.807, 2.05) is 11.6 Å². The van der Waals surface area contributed by atoms with Gasteiger partial charge in [-0.3, -0.25) is 4.68 Å². The van der Waals surface area contributed by atoms with Crippen molar-refractivity contribution in [2.75, 3.05) is 13.1 Å². The van der Waals surface area contributed by atoms with Gasteiger partial charge in [-0.25, -0.2) is 0 Å². The molecule has 1 aromatic heterocycles. The van der Waals surface area contributed by atoms with Crippen LogP contribution in [0.15, 0.2) is 4.47 Å². The number of nitrogens with zero attached hydrogens (tertiary/aromatic N) is 2. The lowest BCUT2D eigenvalue weighted by Crippen LogP contribution is -2.43. The Kier molecular flexibility index (Phi) is 3.90. The molecule has 0 aliphatic carbocycles. The van der Waals surface area contributed by atoms with Crippen molar-refractivity contribution >= 4 is 15.9 Å². The predicted molar refractivity (Wildman–Crippen MR) is 71.1 cm³/mol. The number of aliphatic hydroxyl groups is 1. The Hall–Kier alpha value is -0.390. The van der Waals surface area contributed by atoms with Crippen molar-refractivity contribution < 1.29 is 5.11 Å². The molecule has 1 aliphatic rings. The highest BCUT2D eigenvalue weighted by atomic mass is 79.9. The Labute approximate surface area is 111 Å². The molecule has 0 spiro atoms. The van der Waals surface area contributed by atoms with E-state index < -0.39 is 5.60 Å². The highest BCUT2D eigenvalue weighted by Gasteiger charge is 2.31. The maximum absolute atomic E-state index is 10.6. The topological polar surface area (TPSA) is 50.1 Å². The number of halogens is 1. The van der Waals surface area contributed by atoms with E-state index in [4.69, 9.17) is 0 Å². The van der Waals surface area contributed by atoms with Gasteiger partial charge in [0.05, 0.1) is 21.5 Å². The molecule has 0 unspecified atom stereocenters. The van der Waals surface area contributed by atoms with E-state index in [2.05, 4.69) is 33.3 Å². The Balaban J connectivity index is 2.22. The van der Waals surface area contributed by atoms with Gasteiger partial charge < -0.3 is 10.4 Å². The Morgan fingerprint density at radius 1 is 1.47 bits per heavy atom. The molecule has 4 nitrogen and oxygen atoms in total. The number of aromatic nitrogens is 2. The second-order valence-corrected chi connectivity index (χ2v) is 5.61. The van der Waals surface area contributed by atoms with Gasteiger partial charge in [0, 0.05) is 13.0 Å². The fraction of sp³-hybridized carbons (Fsp3) is 0.750. The van der Waals surface area contributed by atoms with Crippen LogP contribution in [0.5, 0.6) is 0 Å². The zero-order valence-electron chi connectivity index (χ0n) is 10.5. The third-order valence-corrected chi connectivity index (χ3v) is 4.52. The summed E-state index contributed by atoms with van der Waals surface area (Å²) in [7, 11) is 0. The molecule has 17 heavy (non-hydrogen) atoms. The number of hydrogen-bond donors (Lipinski definition) is 2. The molecule has 0 radical (unpaired) electrons. The lowest BCUT2D eigenvalue weighted by atomic mass is 9.88. The smallest absolute Gasteiger partial charge is 0.0738 e. The molecule has 0 atom stereocenters. The molecule has 0 aromatic carbocycles. The van der Waals surface area contributed by atoms with Crippen LogP contribution in [0.25, 0.3) is 0 Å². The first kappa shape index (κ1) is 13.1. The van der Waals surface area contributed by atoms with Crippen LogP contribution in [0.1, 0.15) is 31.2 Å². The Morgan fingerprint density at radius 3 is 2.71 bits per heavy atom. The second-order valence-electron chi connectivity index (χ2n) is 4.81. The van der Waals surface area contributed by atoms with Crippen molar-refractivity contribution in [1.82, 2.24) is 15.1 Å². The largest absolute Gasteiger partial charge is 0.389 e. The minimum Gasteiger partial charge on any atom is -0.389 e. The van der Waals surface area contributed by atoms with E-state index in [9.17, 15) is 5.11 Å². The van der Waals surface area contributed by atoms with Crippen molar-refractivity contribution in [3.8, 4) is 0 Å². The van der Waals surface area contributed by atoms with Gasteiger partial charge >= 0.3 is 0 Å². The number of aryl methyl sites for hydroxylation is 2. The Morgan fingerprint density at radius 2 is 2.12 bits per heavy atom. The first-order chi connectivity index (χ1) is 8.06. The third kappa shape index (κ3) is 2.72. The van der Waals surface area contributed by atoms with Gasteiger partial charge in [-0.2, -0.15) is 5.10 Å². The van der Waals surface area contributed by atoms with Gasteiger partial charge in [-0.05, 0) is 55.7 Å². The van der Waals surface area contributed by atoms with E-state index >= 15 is 0 Å². The summed E-state index contributed by atoms with van der Waals surface area (Å²) in [5.74, 6) is 0. The maximum atomic E-state index is 10.6. The number of nitrogens with one attached hydrogen (secondary N) is 1. The highest BCUT2D eigenvalue weighted by molar-refractivity contribution is 9.10. The van der Waals surface area contributed by atoms with Crippen LogP contribution in [-0.4, -0.2) is 33.6 Å². The molecular weight excluding hydrogens is 282 g/mol. The molecule has 0 amide bonds. The first-order valence-electron chi connectivity index (χ1n) is 6.20. The number of hydrogen-bond acceptors (Lipinski definition) is 3. The molecule has 2 N–H and O–H groups in total. The fourth-order valence-electron chi connectivity index (χ4n) is 2.42. The lowest BCUT2D eigenvalue weighted by molar-refractivity contribution is 0.00896. The number of rotatable bonds is 3. The van der Waals surface area contributed by atoms with E-state index in [1.54, 1.807) is 0 Å². The molecule has 1 aliphatic heterocycles. The van der Waals surface area contributed by atoms with Crippen LogP contribution < -0.4 is 5.32 Å². The Bertz CT molecular complexity index is 397. The zero-order valence-corrected chi connectivity index (χ0v) is 12.0. The average molecular weight is 302 g/mol. The minimum atomic E-state index is -0.576. The van der Waals surface area contributed by atoms with Crippen LogP contribution in [0, 0.1) is 6.92 Å². The van der Waals surface area contributed by atoms with Crippen molar-refractivity contribution in [3.05, 3.63) is 15.9 Å². The summed E-state index contributed by atoms with van der Waals surface area (Å²) in [6.07, 6.45) is 2.31. The summed E-state index contributed by atoms with van der Waals surface area (Å²) in [4.78, 5) is 0. The van der Waals surface area contributed by atoms with Gasteiger partial charge in [0.15, 0.2) is 0 Å². The first-order valence-corrected chi connectivity index (χ1v) is 7.00. The van der Waals surface area contributed by atoms with E-state index in [-0.39, 0.29) is 0 Å². The quantitative estimate of drug-likeness (QED) is 0.892. The van der Waals surface area contributed by atoms with Crippen LogP contribution >= 0.6 is 15.9 Å². The molecule has 96 valence electrons. The van der Waals surface area contributed by atoms with Crippen LogP contribution in [0.4, 0.5) is 0 Å². The normalized spacial score (nSPS) is 19.5. The molecule has 5 heteroatoms. The SMILES string of the molecule is CCn1nc(C)c(Br)c1CC1(O)CCNCC1. The van der Waals surface area contributed by atoms with Crippen molar-refractivity contribution in [3.63, 3.8) is 0 Å². The van der Waals surface area contributed by atoms with Crippen LogP contribution in [0.3, 0.4) is 0 Å². The predicted octanol–water partition coefficient (Wildman–Crippen LogP) is 1.63. The van der Waals surface area contributed by atoms with E-state index in [0.29, 0.717) is 6.42 Å². The van der Waals surface area contributed by atoms with Gasteiger partial charge in [-0.15, -0.1) is 0 Å². The summed E-state index contributed by atoms with van der Waals surface area (Å²) in [5.41, 5.74) is 1.54. The zero-order chi connectivity index (χ0) is 12.5. The van der Waals surface area contributed by atoms with Crippen molar-refractivity contribution in [1.29, 1.82) is 0 Å². The van der Waals surface area contributed by atoms with Crippen LogP contribution in [-0.2, 0) is 13.0 Å². The average Bonchev–Trinajstić information content (AvgIpc) is 2.57. The summed E-state index contributed by atoms with van der Waals surface area (Å²) >= 11 is 3.58. The molecular formula is C12H20BrN3O. The summed E-state index contributed by atoms with van der Waals surface area (Å²) in [6.45, 7) is 6.71. The highest BCUT2D eigenvalue weighted by Crippen LogP contribution is 2.29. The van der Waals surface area contributed by atoms with Gasteiger partial charge in [0.1, 0.15) is 0 Å². The van der Waals surface area contributed by atoms with E-state index in [0.717, 1.165) is 48.3 Å². The molecule has 0 saturated carbocycles. The van der Waals surface area contributed by atoms with Crippen molar-refractivity contribution in [2.24, 2.45) is 0 Å². The lowest BCUT2D eigenvalue weighted by Gasteiger charge is -2.32. The summed E-state index contributed by atoms with van der Waals surface area (Å²) in [5, 5.41) is 18.3. The minimum absolute atomic E-state index is 0.576. The maximum Gasteiger partial charge on any atom is 0.0738 e. The molecule has 1 fully saturated rings. The van der Waals surface area contributed by atoms with Crippen molar-refractivity contribution in [2.45, 2.75) is 45.3 Å². The standard InChI is InChI=1S/C12H20BrN3O/c1-3-16-10(11(13)9(2)15-16)8-12(17)4-6-14-7-5-12/h14,17H,3-8H2,1-2H3. The molecule has 1 aromatic rings. The third-order valence-electron chi connectivity index (χ3n) is 3.48. The monoisotopic (exact) mass is 301 g/mol. The molecule has 2 heterocycles. The fourth-order valence-corrected chi connectivity index (χ4v) is 2.84. The molecule has 2 rings (SSSR count). The molecule has 0 bridgehead atoms. The van der Waals surface area contributed by atoms with Gasteiger partial charge in [0.25, 0.3) is 0 Å². The van der Waals surface area contributed by atoms with Gasteiger partial charge in [-0.1, -0.05) is 0 Å². The number of piperidine rings is 1. The van der Waals surface area contributed by atoms with Gasteiger partial charge in [0.2, 0.25) is 0 Å². The summed E-state index contributed by atoms with van der Waals surface area (Å²) in [6, 6.07) is 0. The second kappa shape index (κ2) is 5.08. The summed E-state index contributed by atoms with van der Waals surface area (Å²) < 4.78 is 3.03. The van der Waals surface area contributed by atoms with E-state index in [1.165, 1.54) is 0 Å². The van der Waals surface area contributed by atoms with Crippen LogP contribution in [0.2, 0.25) is 0 Å². The molecule has 1 saturated heterocycles.